The molecule has 5 rings (SSSR count). The maximum atomic E-state index is 14.0. The molecule has 2 aliphatic heterocycles. The number of fused-ring (bicyclic) bond motifs is 1. The molecule has 0 spiro atoms. The molecule has 3 atom stereocenters. The van der Waals surface area contributed by atoms with Crippen molar-refractivity contribution in [2.75, 3.05) is 31.6 Å². The van der Waals surface area contributed by atoms with Gasteiger partial charge in [-0.15, -0.1) is 10.2 Å². The lowest BCUT2D eigenvalue weighted by atomic mass is 10.0. The van der Waals surface area contributed by atoms with Crippen LogP contribution in [0.3, 0.4) is 0 Å². The Kier molecular flexibility index (Phi) is 5.37. The van der Waals surface area contributed by atoms with E-state index in [-0.39, 0.29) is 11.3 Å². The molecule has 8 heteroatoms. The molecule has 1 aliphatic carbocycles. The van der Waals surface area contributed by atoms with Crippen molar-refractivity contribution in [3.8, 4) is 11.3 Å². The number of aromatic nitrogens is 2. The number of nitrogens with zero attached hydrogens (tertiary/aromatic N) is 3. The summed E-state index contributed by atoms with van der Waals surface area (Å²) < 4.78 is 46.3. The van der Waals surface area contributed by atoms with Gasteiger partial charge >= 0.3 is 0 Å². The van der Waals surface area contributed by atoms with Crippen LogP contribution in [-0.4, -0.2) is 53.5 Å². The lowest BCUT2D eigenvalue weighted by Gasteiger charge is -2.32. The maximum absolute atomic E-state index is 14.0. The van der Waals surface area contributed by atoms with Gasteiger partial charge in [-0.05, 0) is 55.7 Å². The van der Waals surface area contributed by atoms with E-state index in [1.54, 1.807) is 6.07 Å². The van der Waals surface area contributed by atoms with E-state index in [2.05, 4.69) is 20.4 Å². The van der Waals surface area contributed by atoms with E-state index < -0.39 is 17.5 Å². The van der Waals surface area contributed by atoms with Crippen LogP contribution in [0.1, 0.15) is 25.7 Å². The van der Waals surface area contributed by atoms with Crippen LogP contribution in [0.25, 0.3) is 11.3 Å². The average Bonchev–Trinajstić information content (AvgIpc) is 3.31. The van der Waals surface area contributed by atoms with Crippen LogP contribution in [0, 0.1) is 29.3 Å². The number of likely N-dealkylation sites (tertiary alicyclic amines) is 1. The predicted octanol–water partition coefficient (Wildman–Crippen LogP) is 3.86. The first-order valence-electron chi connectivity index (χ1n) is 10.6. The van der Waals surface area contributed by atoms with Crippen molar-refractivity contribution in [1.29, 1.82) is 0 Å². The molecule has 1 aromatic heterocycles. The summed E-state index contributed by atoms with van der Waals surface area (Å²) in [5.41, 5.74) is -0.123. The van der Waals surface area contributed by atoms with Crippen LogP contribution in [-0.2, 0) is 4.74 Å². The number of hydrogen-bond acceptors (Lipinski definition) is 5. The molecule has 3 aliphatic rings. The molecule has 2 saturated heterocycles. The summed E-state index contributed by atoms with van der Waals surface area (Å²) >= 11 is 0. The number of halogens is 3. The molecular weight excluding hydrogens is 393 g/mol. The number of anilines is 1. The minimum atomic E-state index is -1.23. The number of hydrogen-bond donors (Lipinski definition) is 1. The van der Waals surface area contributed by atoms with Crippen LogP contribution in [0.2, 0.25) is 0 Å². The van der Waals surface area contributed by atoms with E-state index in [4.69, 9.17) is 4.74 Å². The molecule has 0 amide bonds. The monoisotopic (exact) mass is 418 g/mol. The molecular formula is C22H25F3N4O. The average molecular weight is 418 g/mol. The highest BCUT2D eigenvalue weighted by molar-refractivity contribution is 5.60. The second kappa shape index (κ2) is 8.15. The van der Waals surface area contributed by atoms with E-state index in [9.17, 15) is 13.2 Å². The largest absolute Gasteiger partial charge is 0.381 e. The molecule has 1 N–H and O–H groups in total. The Balaban J connectivity index is 1.19. The lowest BCUT2D eigenvalue weighted by Crippen LogP contribution is -2.39. The van der Waals surface area contributed by atoms with Crippen molar-refractivity contribution in [3.63, 3.8) is 0 Å². The minimum absolute atomic E-state index is 0.104. The van der Waals surface area contributed by atoms with Gasteiger partial charge < -0.3 is 10.1 Å². The van der Waals surface area contributed by atoms with Crippen LogP contribution in [0.4, 0.5) is 19.0 Å². The summed E-state index contributed by atoms with van der Waals surface area (Å²) in [5.74, 6) is -1.21. The molecule has 2 aromatic rings. The van der Waals surface area contributed by atoms with E-state index in [1.165, 1.54) is 6.07 Å². The number of ether oxygens (including phenoxy) is 1. The van der Waals surface area contributed by atoms with Crippen molar-refractivity contribution in [2.45, 2.75) is 37.8 Å². The smallest absolute Gasteiger partial charge is 0.168 e. The van der Waals surface area contributed by atoms with Crippen LogP contribution >= 0.6 is 0 Å². The molecule has 1 aromatic carbocycles. The summed E-state index contributed by atoms with van der Waals surface area (Å²) in [6.07, 6.45) is 4.47. The molecule has 1 unspecified atom stereocenters. The summed E-state index contributed by atoms with van der Waals surface area (Å²) in [7, 11) is 0. The van der Waals surface area contributed by atoms with Crippen molar-refractivity contribution >= 4 is 5.82 Å². The van der Waals surface area contributed by atoms with Gasteiger partial charge in [0.25, 0.3) is 0 Å². The predicted molar refractivity (Wildman–Crippen MR) is 106 cm³/mol. The van der Waals surface area contributed by atoms with Gasteiger partial charge in [-0.3, -0.25) is 4.90 Å². The Morgan fingerprint density at radius 2 is 1.70 bits per heavy atom. The molecule has 0 radical (unpaired) electrons. The van der Waals surface area contributed by atoms with E-state index >= 15 is 0 Å². The Hall–Kier alpha value is -2.19. The Labute approximate surface area is 173 Å². The summed E-state index contributed by atoms with van der Waals surface area (Å²) in [6, 6.07) is 5.67. The van der Waals surface area contributed by atoms with Gasteiger partial charge in [0.15, 0.2) is 11.6 Å². The standard InChI is InChI=1S/C22H25F3N4O/c23-15-9-18(22(25)19(24)10-15)20-1-2-21(28-27-20)26-16-7-13-11-29(12-14(13)8-16)17-3-5-30-6-4-17/h1-2,9-10,13-14,16-17H,3-8,11-12H2,(H,26,28)/t13-,14+,16?. The topological polar surface area (TPSA) is 50.3 Å². The lowest BCUT2D eigenvalue weighted by molar-refractivity contribution is 0.0396. The summed E-state index contributed by atoms with van der Waals surface area (Å²) in [5, 5.41) is 11.5. The van der Waals surface area contributed by atoms with Crippen LogP contribution in [0.15, 0.2) is 24.3 Å². The molecule has 3 fully saturated rings. The maximum Gasteiger partial charge on any atom is 0.168 e. The van der Waals surface area contributed by atoms with Gasteiger partial charge in [0.2, 0.25) is 0 Å². The highest BCUT2D eigenvalue weighted by Gasteiger charge is 2.42. The Bertz CT molecular complexity index is 890. The first-order chi connectivity index (χ1) is 14.6. The van der Waals surface area contributed by atoms with Gasteiger partial charge in [0, 0.05) is 50.0 Å². The van der Waals surface area contributed by atoms with Crippen molar-refractivity contribution in [2.24, 2.45) is 11.8 Å². The Morgan fingerprint density at radius 1 is 0.967 bits per heavy atom. The first-order valence-corrected chi connectivity index (χ1v) is 10.6. The normalized spacial score (nSPS) is 27.4. The molecule has 1 saturated carbocycles. The third kappa shape index (κ3) is 3.90. The molecule has 160 valence electrons. The van der Waals surface area contributed by atoms with Gasteiger partial charge in [0.05, 0.1) is 5.69 Å². The van der Waals surface area contributed by atoms with Crippen molar-refractivity contribution in [3.05, 3.63) is 41.7 Å². The van der Waals surface area contributed by atoms with Crippen LogP contribution in [0.5, 0.6) is 0 Å². The molecule has 30 heavy (non-hydrogen) atoms. The first kappa shape index (κ1) is 19.8. The van der Waals surface area contributed by atoms with Crippen molar-refractivity contribution in [1.82, 2.24) is 15.1 Å². The van der Waals surface area contributed by atoms with E-state index in [1.807, 2.05) is 0 Å². The zero-order valence-corrected chi connectivity index (χ0v) is 16.7. The second-order valence-corrected chi connectivity index (χ2v) is 8.68. The highest BCUT2D eigenvalue weighted by atomic mass is 19.2. The summed E-state index contributed by atoms with van der Waals surface area (Å²) in [6.45, 7) is 4.06. The third-order valence-electron chi connectivity index (χ3n) is 6.77. The molecule has 5 nitrogen and oxygen atoms in total. The quantitative estimate of drug-likeness (QED) is 0.765. The highest BCUT2D eigenvalue weighted by Crippen LogP contribution is 2.40. The third-order valence-corrected chi connectivity index (χ3v) is 6.77. The van der Waals surface area contributed by atoms with Crippen LogP contribution < -0.4 is 5.32 Å². The van der Waals surface area contributed by atoms with Gasteiger partial charge in [-0.25, -0.2) is 13.2 Å². The number of nitrogens with one attached hydrogen (secondary N) is 1. The fourth-order valence-corrected chi connectivity index (χ4v) is 5.31. The van der Waals surface area contributed by atoms with Crippen molar-refractivity contribution < 1.29 is 17.9 Å². The zero-order valence-electron chi connectivity index (χ0n) is 16.7. The molecule has 3 heterocycles. The minimum Gasteiger partial charge on any atom is -0.381 e. The zero-order chi connectivity index (χ0) is 20.7. The van der Waals surface area contributed by atoms with E-state index in [0.29, 0.717) is 35.8 Å². The number of benzene rings is 1. The van der Waals surface area contributed by atoms with Gasteiger partial charge in [-0.1, -0.05) is 0 Å². The summed E-state index contributed by atoms with van der Waals surface area (Å²) in [4.78, 5) is 2.65. The molecule has 0 bridgehead atoms. The second-order valence-electron chi connectivity index (χ2n) is 8.68. The fourth-order valence-electron chi connectivity index (χ4n) is 5.31. The van der Waals surface area contributed by atoms with E-state index in [0.717, 1.165) is 58.1 Å². The Morgan fingerprint density at radius 3 is 2.37 bits per heavy atom. The number of rotatable bonds is 4. The van der Waals surface area contributed by atoms with Gasteiger partial charge in [-0.2, -0.15) is 0 Å². The fraction of sp³-hybridized carbons (Fsp3) is 0.545. The van der Waals surface area contributed by atoms with Gasteiger partial charge in [0.1, 0.15) is 11.6 Å². The SMILES string of the molecule is Fc1cc(F)c(F)c(-c2ccc(NC3C[C@@H]4CN(C5CCOCC5)C[C@@H]4C3)nn2)c1.